The highest BCUT2D eigenvalue weighted by atomic mass is 16.7. The minimum atomic E-state index is -0.157. The van der Waals surface area contributed by atoms with Crippen molar-refractivity contribution in [1.29, 1.82) is 0 Å². The summed E-state index contributed by atoms with van der Waals surface area (Å²) in [5.74, 6) is 2.10. The molecule has 0 aromatic heterocycles. The van der Waals surface area contributed by atoms with E-state index in [1.807, 2.05) is 6.92 Å². The van der Waals surface area contributed by atoms with Crippen molar-refractivity contribution in [3.63, 3.8) is 0 Å². The predicted molar refractivity (Wildman–Crippen MR) is 96.3 cm³/mol. The molecule has 0 radical (unpaired) electrons. The molecule has 1 spiro atoms. The Morgan fingerprint density at radius 3 is 2.28 bits per heavy atom. The molecular formula is C22H30O3. The van der Waals surface area contributed by atoms with Gasteiger partial charge in [0.15, 0.2) is 6.29 Å². The van der Waals surface area contributed by atoms with Crippen molar-refractivity contribution in [2.24, 2.45) is 17.8 Å². The van der Waals surface area contributed by atoms with Crippen LogP contribution >= 0.6 is 0 Å². The van der Waals surface area contributed by atoms with Crippen LogP contribution in [-0.4, -0.2) is 31.2 Å². The van der Waals surface area contributed by atoms with Gasteiger partial charge >= 0.3 is 0 Å². The topological polar surface area (TPSA) is 27.7 Å². The van der Waals surface area contributed by atoms with Crippen LogP contribution in [0.5, 0.6) is 0 Å². The normalized spacial score (nSPS) is 47.2. The lowest BCUT2D eigenvalue weighted by Crippen LogP contribution is -2.78. The maximum Gasteiger partial charge on any atom is 0.187 e. The Morgan fingerprint density at radius 1 is 0.960 bits per heavy atom. The molecule has 1 aromatic rings. The molecule has 1 heterocycles. The first-order chi connectivity index (χ1) is 12.2. The van der Waals surface area contributed by atoms with Gasteiger partial charge in [0.2, 0.25) is 0 Å². The Bertz CT molecular complexity index is 611. The first kappa shape index (κ1) is 16.3. The lowest BCUT2D eigenvalue weighted by Gasteiger charge is -2.71. The Balaban J connectivity index is 1.47. The van der Waals surface area contributed by atoms with E-state index in [0.717, 1.165) is 12.5 Å². The van der Waals surface area contributed by atoms with Crippen molar-refractivity contribution < 1.29 is 14.2 Å². The minimum absolute atomic E-state index is 0.0783. The fourth-order valence-corrected chi connectivity index (χ4v) is 6.95. The van der Waals surface area contributed by atoms with Crippen LogP contribution in [0.4, 0.5) is 0 Å². The van der Waals surface area contributed by atoms with Gasteiger partial charge < -0.3 is 14.2 Å². The van der Waals surface area contributed by atoms with Crippen molar-refractivity contribution in [3.8, 4) is 0 Å². The van der Waals surface area contributed by atoms with Gasteiger partial charge in [-0.2, -0.15) is 0 Å². The Labute approximate surface area is 151 Å². The first-order valence-electron chi connectivity index (χ1n) is 10.2. The molecule has 25 heavy (non-hydrogen) atoms. The summed E-state index contributed by atoms with van der Waals surface area (Å²) in [6.45, 7) is 5.57. The monoisotopic (exact) mass is 342 g/mol. The minimum Gasteiger partial charge on any atom is -0.370 e. The largest absolute Gasteiger partial charge is 0.370 e. The van der Waals surface area contributed by atoms with E-state index in [1.165, 1.54) is 32.1 Å². The molecule has 5 aliphatic rings. The van der Waals surface area contributed by atoms with Gasteiger partial charge in [0.05, 0.1) is 0 Å². The van der Waals surface area contributed by atoms with Crippen LogP contribution in [-0.2, 0) is 19.6 Å². The highest BCUT2D eigenvalue weighted by Crippen LogP contribution is 2.68. The Morgan fingerprint density at radius 2 is 1.64 bits per heavy atom. The summed E-state index contributed by atoms with van der Waals surface area (Å²) in [5, 5.41) is 0. The van der Waals surface area contributed by atoms with Crippen LogP contribution in [0.3, 0.4) is 0 Å². The van der Waals surface area contributed by atoms with E-state index >= 15 is 0 Å². The van der Waals surface area contributed by atoms with Crippen molar-refractivity contribution >= 4 is 0 Å². The lowest BCUT2D eigenvalue weighted by molar-refractivity contribution is -0.429. The molecule has 4 aliphatic carbocycles. The molecule has 0 N–H and O–H groups in total. The maximum absolute atomic E-state index is 6.54. The summed E-state index contributed by atoms with van der Waals surface area (Å²) in [7, 11) is 0. The molecule has 3 heteroatoms. The molecule has 1 saturated heterocycles. The van der Waals surface area contributed by atoms with Gasteiger partial charge in [-0.05, 0) is 74.7 Å². The zero-order valence-corrected chi connectivity index (χ0v) is 15.4. The Hall–Kier alpha value is -0.900. The zero-order chi connectivity index (χ0) is 17.1. The second kappa shape index (κ2) is 5.80. The average Bonchev–Trinajstić information content (AvgIpc) is 2.62. The van der Waals surface area contributed by atoms with Crippen LogP contribution in [0.25, 0.3) is 0 Å². The first-order valence-corrected chi connectivity index (χ1v) is 10.2. The summed E-state index contributed by atoms with van der Waals surface area (Å²) in [4.78, 5) is 0. The zero-order valence-electron chi connectivity index (χ0n) is 15.4. The molecule has 6 rings (SSSR count). The van der Waals surface area contributed by atoms with Crippen molar-refractivity contribution in [2.45, 2.75) is 69.4 Å². The third-order valence-corrected chi connectivity index (χ3v) is 7.54. The number of hydrogen-bond donors (Lipinski definition) is 0. The van der Waals surface area contributed by atoms with Gasteiger partial charge in [-0.1, -0.05) is 30.3 Å². The van der Waals surface area contributed by atoms with Crippen LogP contribution < -0.4 is 0 Å². The number of ether oxygens (including phenoxy) is 3. The van der Waals surface area contributed by atoms with Gasteiger partial charge in [0.25, 0.3) is 0 Å². The number of hydrogen-bond acceptors (Lipinski definition) is 3. The second-order valence-corrected chi connectivity index (χ2v) is 8.66. The number of benzene rings is 1. The van der Waals surface area contributed by atoms with Gasteiger partial charge in [0.1, 0.15) is 11.7 Å². The quantitative estimate of drug-likeness (QED) is 0.798. The molecular weight excluding hydrogens is 312 g/mol. The molecule has 7 atom stereocenters. The highest BCUT2D eigenvalue weighted by Gasteiger charge is 2.72. The van der Waals surface area contributed by atoms with E-state index in [9.17, 15) is 0 Å². The van der Waals surface area contributed by atoms with Crippen LogP contribution in [0, 0.1) is 17.8 Å². The standard InChI is InChI=1S/C22H30O3/c1-3-23-19-20(24-4-2)25-22(19)17-10-15-11-18(22)14-21(12-15,13-17)16-8-6-5-7-9-16/h5-9,15,17-20H,3-4,10-14H2,1-2H3/t15?,17-,18+,19-,20+,21?,22?/m0/s1. The third kappa shape index (κ3) is 2.15. The summed E-state index contributed by atoms with van der Waals surface area (Å²) < 4.78 is 18.6. The van der Waals surface area contributed by atoms with Crippen molar-refractivity contribution in [3.05, 3.63) is 35.9 Å². The van der Waals surface area contributed by atoms with Gasteiger partial charge in [-0.3, -0.25) is 0 Å². The fraction of sp³-hybridized carbons (Fsp3) is 0.727. The van der Waals surface area contributed by atoms with E-state index in [4.69, 9.17) is 14.2 Å². The van der Waals surface area contributed by atoms with Gasteiger partial charge in [-0.15, -0.1) is 0 Å². The molecule has 5 fully saturated rings. The summed E-state index contributed by atoms with van der Waals surface area (Å²) in [6, 6.07) is 11.3. The van der Waals surface area contributed by atoms with Crippen LogP contribution in [0.15, 0.2) is 30.3 Å². The molecule has 4 bridgehead atoms. The second-order valence-electron chi connectivity index (χ2n) is 8.66. The summed E-state index contributed by atoms with van der Waals surface area (Å²) >= 11 is 0. The lowest BCUT2D eigenvalue weighted by atomic mass is 9.41. The molecule has 3 nitrogen and oxygen atoms in total. The molecule has 4 saturated carbocycles. The van der Waals surface area contributed by atoms with E-state index in [2.05, 4.69) is 37.3 Å². The van der Waals surface area contributed by atoms with Gasteiger partial charge in [0, 0.05) is 13.2 Å². The predicted octanol–water partition coefficient (Wildman–Crippen LogP) is 4.30. The smallest absolute Gasteiger partial charge is 0.187 e. The van der Waals surface area contributed by atoms with Crippen molar-refractivity contribution in [1.82, 2.24) is 0 Å². The van der Waals surface area contributed by atoms with Crippen LogP contribution in [0.2, 0.25) is 0 Å². The fourth-order valence-electron chi connectivity index (χ4n) is 6.95. The molecule has 3 unspecified atom stereocenters. The number of rotatable bonds is 5. The molecule has 1 aliphatic heterocycles. The average molecular weight is 342 g/mol. The van der Waals surface area contributed by atoms with E-state index in [1.54, 1.807) is 5.56 Å². The van der Waals surface area contributed by atoms with Gasteiger partial charge in [-0.25, -0.2) is 0 Å². The molecule has 0 amide bonds. The Kier molecular flexibility index (Phi) is 3.78. The van der Waals surface area contributed by atoms with E-state index in [0.29, 0.717) is 23.9 Å². The molecule has 136 valence electrons. The third-order valence-electron chi connectivity index (χ3n) is 7.54. The molecule has 1 aromatic carbocycles. The van der Waals surface area contributed by atoms with E-state index < -0.39 is 0 Å². The highest BCUT2D eigenvalue weighted by molar-refractivity contribution is 5.32. The van der Waals surface area contributed by atoms with Crippen molar-refractivity contribution in [2.75, 3.05) is 13.2 Å². The summed E-state index contributed by atoms with van der Waals surface area (Å²) in [6.07, 6.45) is 6.48. The summed E-state index contributed by atoms with van der Waals surface area (Å²) in [5.41, 5.74) is 1.85. The van der Waals surface area contributed by atoms with Crippen LogP contribution in [0.1, 0.15) is 51.5 Å². The van der Waals surface area contributed by atoms with E-state index in [-0.39, 0.29) is 18.0 Å². The SMILES string of the molecule is CCO[C@@H]1OC2([C@@H]3CC4C[C@H]2CC(c2ccccc2)(C4)C3)[C@H]1OCC. The maximum atomic E-state index is 6.54.